The fourth-order valence-electron chi connectivity index (χ4n) is 1.64. The van der Waals surface area contributed by atoms with E-state index in [1.165, 1.54) is 30.1 Å². The SMILES string of the molecule is CN(C(=O)OC(C)(C)C)c1ccc(C(=O)OCC(F)(F)S(=O)(=O)O)cc1I. The number of halogens is 3. The van der Waals surface area contributed by atoms with Gasteiger partial charge in [0.05, 0.1) is 11.3 Å². The highest BCUT2D eigenvalue weighted by Crippen LogP contribution is 2.26. The van der Waals surface area contributed by atoms with E-state index in [4.69, 9.17) is 9.29 Å². The minimum atomic E-state index is -5.70. The standard InChI is InChI=1S/C15H18F2INO7S/c1-14(2,3)26-13(21)19(4)11-6-5-9(7-10(11)18)12(20)25-8-15(16,17)27(22,23)24/h5-7H,8H2,1-4H3,(H,22,23,24). The average molecular weight is 521 g/mol. The lowest BCUT2D eigenvalue weighted by Crippen LogP contribution is -2.35. The molecule has 152 valence electrons. The molecule has 0 saturated carbocycles. The summed E-state index contributed by atoms with van der Waals surface area (Å²) in [4.78, 5) is 25.1. The number of ether oxygens (including phenoxy) is 2. The van der Waals surface area contributed by atoms with Gasteiger partial charge in [0, 0.05) is 10.6 Å². The molecule has 0 aliphatic heterocycles. The molecule has 0 bridgehead atoms. The van der Waals surface area contributed by atoms with Crippen molar-refractivity contribution in [2.75, 3.05) is 18.6 Å². The number of esters is 1. The van der Waals surface area contributed by atoms with E-state index in [-0.39, 0.29) is 5.56 Å². The molecular formula is C15H18F2INO7S. The number of rotatable bonds is 5. The predicted octanol–water partition coefficient (Wildman–Crippen LogP) is 3.30. The van der Waals surface area contributed by atoms with Crippen molar-refractivity contribution in [1.82, 2.24) is 0 Å². The van der Waals surface area contributed by atoms with E-state index >= 15 is 0 Å². The van der Waals surface area contributed by atoms with Crippen molar-refractivity contribution < 1.29 is 40.8 Å². The summed E-state index contributed by atoms with van der Waals surface area (Å²) in [5, 5.41) is -4.62. The number of hydrogen-bond donors (Lipinski definition) is 1. The number of alkyl halides is 2. The molecule has 12 heteroatoms. The van der Waals surface area contributed by atoms with Crippen molar-refractivity contribution in [3.63, 3.8) is 0 Å². The summed E-state index contributed by atoms with van der Waals surface area (Å²) in [6, 6.07) is 3.86. The summed E-state index contributed by atoms with van der Waals surface area (Å²) in [6.07, 6.45) is -0.636. The van der Waals surface area contributed by atoms with Gasteiger partial charge in [0.2, 0.25) is 0 Å². The Labute approximate surface area is 168 Å². The Balaban J connectivity index is 2.92. The molecule has 0 aliphatic carbocycles. The summed E-state index contributed by atoms with van der Waals surface area (Å²) >= 11 is 1.82. The number of nitrogens with zero attached hydrogens (tertiary/aromatic N) is 1. The first kappa shape index (κ1) is 23.5. The Morgan fingerprint density at radius 1 is 1.26 bits per heavy atom. The topological polar surface area (TPSA) is 110 Å². The van der Waals surface area contributed by atoms with Gasteiger partial charge in [-0.05, 0) is 61.6 Å². The van der Waals surface area contributed by atoms with Crippen molar-refractivity contribution in [3.8, 4) is 0 Å². The van der Waals surface area contributed by atoms with Gasteiger partial charge in [-0.25, -0.2) is 9.59 Å². The van der Waals surface area contributed by atoms with E-state index in [0.717, 1.165) is 0 Å². The zero-order chi connectivity index (χ0) is 21.2. The Morgan fingerprint density at radius 2 is 1.81 bits per heavy atom. The zero-order valence-corrected chi connectivity index (χ0v) is 17.8. The third-order valence-corrected chi connectivity index (χ3v) is 4.70. The lowest BCUT2D eigenvalue weighted by Gasteiger charge is -2.25. The van der Waals surface area contributed by atoms with E-state index < -0.39 is 39.6 Å². The van der Waals surface area contributed by atoms with Gasteiger partial charge >= 0.3 is 27.4 Å². The molecule has 1 N–H and O–H groups in total. The quantitative estimate of drug-likeness (QED) is 0.360. The second-order valence-corrected chi connectivity index (χ2v) is 9.10. The molecule has 27 heavy (non-hydrogen) atoms. The molecule has 0 spiro atoms. The number of anilines is 1. The van der Waals surface area contributed by atoms with Gasteiger partial charge in [-0.15, -0.1) is 0 Å². The number of benzene rings is 1. The first-order valence-corrected chi connectivity index (χ1v) is 9.85. The molecule has 1 aromatic rings. The van der Waals surface area contributed by atoms with E-state index in [9.17, 15) is 26.8 Å². The van der Waals surface area contributed by atoms with Gasteiger partial charge < -0.3 is 9.47 Å². The van der Waals surface area contributed by atoms with Crippen LogP contribution in [0.3, 0.4) is 0 Å². The first-order chi connectivity index (χ1) is 12.0. The van der Waals surface area contributed by atoms with Crippen molar-refractivity contribution in [3.05, 3.63) is 27.3 Å². The summed E-state index contributed by atoms with van der Waals surface area (Å²) in [5.74, 6) is -1.22. The van der Waals surface area contributed by atoms with Crippen molar-refractivity contribution in [2.24, 2.45) is 0 Å². The maximum absolute atomic E-state index is 13.1. The first-order valence-electron chi connectivity index (χ1n) is 7.33. The highest BCUT2D eigenvalue weighted by molar-refractivity contribution is 14.1. The average Bonchev–Trinajstić information content (AvgIpc) is 2.49. The summed E-state index contributed by atoms with van der Waals surface area (Å²) in [7, 11) is -4.25. The van der Waals surface area contributed by atoms with Crippen LogP contribution in [0.15, 0.2) is 18.2 Å². The van der Waals surface area contributed by atoms with Gasteiger partial charge in [-0.1, -0.05) is 0 Å². The van der Waals surface area contributed by atoms with Gasteiger partial charge in [0.1, 0.15) is 5.60 Å². The van der Waals surface area contributed by atoms with E-state index in [1.807, 2.05) is 22.6 Å². The molecule has 0 fully saturated rings. The van der Waals surface area contributed by atoms with Crippen molar-refractivity contribution in [1.29, 1.82) is 0 Å². The fourth-order valence-corrected chi connectivity index (χ4v) is 2.73. The van der Waals surface area contributed by atoms with Crippen LogP contribution >= 0.6 is 22.6 Å². The molecule has 1 rings (SSSR count). The van der Waals surface area contributed by atoms with Crippen LogP contribution in [-0.2, 0) is 19.6 Å². The Bertz CT molecular complexity index is 837. The number of carbonyl (C=O) groups is 2. The van der Waals surface area contributed by atoms with Gasteiger partial charge in [0.25, 0.3) is 0 Å². The predicted molar refractivity (Wildman–Crippen MR) is 101 cm³/mol. The maximum atomic E-state index is 13.1. The van der Waals surface area contributed by atoms with Crippen molar-refractivity contribution in [2.45, 2.75) is 31.6 Å². The zero-order valence-electron chi connectivity index (χ0n) is 14.8. The Hall–Kier alpha value is -1.54. The van der Waals surface area contributed by atoms with Crippen LogP contribution in [-0.4, -0.2) is 49.5 Å². The lowest BCUT2D eigenvalue weighted by atomic mass is 10.2. The molecule has 1 amide bonds. The van der Waals surface area contributed by atoms with Gasteiger partial charge in [-0.2, -0.15) is 17.2 Å². The highest BCUT2D eigenvalue weighted by atomic mass is 127. The van der Waals surface area contributed by atoms with E-state index in [2.05, 4.69) is 4.74 Å². The molecule has 0 radical (unpaired) electrons. The van der Waals surface area contributed by atoms with Crippen molar-refractivity contribution >= 4 is 50.5 Å². The molecule has 0 unspecified atom stereocenters. The van der Waals surface area contributed by atoms with Gasteiger partial charge in [0.15, 0.2) is 6.61 Å². The third kappa shape index (κ3) is 6.53. The minimum absolute atomic E-state index is 0.146. The Kier molecular flexibility index (Phi) is 7.16. The molecule has 0 heterocycles. The van der Waals surface area contributed by atoms with E-state index in [0.29, 0.717) is 9.26 Å². The minimum Gasteiger partial charge on any atom is -0.454 e. The summed E-state index contributed by atoms with van der Waals surface area (Å²) < 4.78 is 65.5. The van der Waals surface area contributed by atoms with Crippen LogP contribution in [0.2, 0.25) is 0 Å². The van der Waals surface area contributed by atoms with Crippen LogP contribution < -0.4 is 4.90 Å². The molecule has 0 atom stereocenters. The molecular weight excluding hydrogens is 503 g/mol. The molecule has 0 aromatic heterocycles. The number of hydrogen-bond acceptors (Lipinski definition) is 6. The van der Waals surface area contributed by atoms with Crippen LogP contribution in [0, 0.1) is 3.57 Å². The number of carbonyl (C=O) groups excluding carboxylic acids is 2. The highest BCUT2D eigenvalue weighted by Gasteiger charge is 2.45. The molecule has 1 aromatic carbocycles. The second kappa shape index (κ2) is 8.22. The van der Waals surface area contributed by atoms with Crippen LogP contribution in [0.4, 0.5) is 19.3 Å². The molecule has 0 saturated heterocycles. The smallest absolute Gasteiger partial charge is 0.414 e. The maximum Gasteiger partial charge on any atom is 0.414 e. The normalized spacial score (nSPS) is 12.4. The molecule has 8 nitrogen and oxygen atoms in total. The third-order valence-electron chi connectivity index (χ3n) is 2.96. The van der Waals surface area contributed by atoms with Gasteiger partial charge in [-0.3, -0.25) is 9.45 Å². The Morgan fingerprint density at radius 3 is 2.26 bits per heavy atom. The summed E-state index contributed by atoms with van der Waals surface area (Å²) in [5.41, 5.74) is -0.463. The number of amides is 1. The summed E-state index contributed by atoms with van der Waals surface area (Å²) in [6.45, 7) is 3.27. The van der Waals surface area contributed by atoms with Crippen LogP contribution in [0.5, 0.6) is 0 Å². The van der Waals surface area contributed by atoms with Crippen LogP contribution in [0.25, 0.3) is 0 Å². The fraction of sp³-hybridized carbons (Fsp3) is 0.467. The largest absolute Gasteiger partial charge is 0.454 e. The molecule has 0 aliphatic rings. The second-order valence-electron chi connectivity index (χ2n) is 6.39. The monoisotopic (exact) mass is 521 g/mol. The lowest BCUT2D eigenvalue weighted by molar-refractivity contribution is -0.00950. The van der Waals surface area contributed by atoms with Crippen LogP contribution in [0.1, 0.15) is 31.1 Å². The van der Waals surface area contributed by atoms with E-state index in [1.54, 1.807) is 20.8 Å².